The Kier molecular flexibility index (Phi) is 43.0. The number of carboxylic acid groups (broad SMARTS) is 1. The molecular formula is C72H130N2O31. The maximum Gasteiger partial charge on any atom is 0.364 e. The summed E-state index contributed by atoms with van der Waals surface area (Å²) in [4.78, 5) is 53.1. The molecule has 614 valence electrons. The lowest BCUT2D eigenvalue weighted by Crippen LogP contribution is -2.71. The number of aliphatic carboxylic acids is 1. The minimum Gasteiger partial charge on any atom is -0.477 e. The summed E-state index contributed by atoms with van der Waals surface area (Å²) in [5.41, 5.74) is 0. The third kappa shape index (κ3) is 28.3. The molecule has 0 aromatic heterocycles. The van der Waals surface area contributed by atoms with E-state index in [1.54, 1.807) is 0 Å². The molecule has 0 spiro atoms. The fourth-order valence-corrected chi connectivity index (χ4v) is 14.5. The van der Waals surface area contributed by atoms with E-state index in [2.05, 4.69) is 24.5 Å². The van der Waals surface area contributed by atoms with Crippen molar-refractivity contribution in [3.8, 4) is 0 Å². The normalized spacial score (nSPS) is 35.0. The Balaban J connectivity index is 1.40. The van der Waals surface area contributed by atoms with Crippen molar-refractivity contribution in [2.45, 2.75) is 385 Å². The Morgan fingerprint density at radius 3 is 1.44 bits per heavy atom. The zero-order valence-corrected chi connectivity index (χ0v) is 61.9. The minimum atomic E-state index is -3.36. The van der Waals surface area contributed by atoms with E-state index >= 15 is 0 Å². The van der Waals surface area contributed by atoms with Crippen LogP contribution < -0.4 is 10.6 Å². The predicted molar refractivity (Wildman–Crippen MR) is 370 cm³/mol. The minimum absolute atomic E-state index is 0.161. The van der Waals surface area contributed by atoms with Gasteiger partial charge in [-0.25, -0.2) is 4.79 Å². The number of unbranched alkanes of at least 4 members (excludes halogenated alkanes) is 24. The number of nitrogens with one attached hydrogen (secondary N) is 2. The number of rotatable bonds is 52. The van der Waals surface area contributed by atoms with Gasteiger partial charge in [-0.3, -0.25) is 9.59 Å². The zero-order chi connectivity index (χ0) is 77.3. The molecule has 0 saturated carbocycles. The fourth-order valence-electron chi connectivity index (χ4n) is 14.5. The molecule has 105 heavy (non-hydrogen) atoms. The second kappa shape index (κ2) is 48.7. The lowest BCUT2D eigenvalue weighted by atomic mass is 9.86. The van der Waals surface area contributed by atoms with Gasteiger partial charge in [-0.1, -0.05) is 174 Å². The molecule has 0 radical (unpaired) electrons. The molecule has 28 atom stereocenters. The van der Waals surface area contributed by atoms with Crippen molar-refractivity contribution in [3.05, 3.63) is 0 Å². The van der Waals surface area contributed by atoms with E-state index in [0.29, 0.717) is 12.8 Å². The van der Waals surface area contributed by atoms with Crippen molar-refractivity contribution >= 4 is 23.6 Å². The molecule has 5 fully saturated rings. The highest BCUT2D eigenvalue weighted by molar-refractivity contribution is 5.77. The third-order valence-corrected chi connectivity index (χ3v) is 20.7. The number of aliphatic hydroxyl groups is 16. The molecule has 0 bridgehead atoms. The van der Waals surface area contributed by atoms with Crippen LogP contribution in [0.4, 0.5) is 0 Å². The Morgan fingerprint density at radius 1 is 0.486 bits per heavy atom. The standard InChI is InChI=1S/C72H130N2O31/c1-5-7-9-11-13-15-17-19-21-23-25-27-29-31-45(82)44(74-52(85)32-30-28-26-24-22-20-18-16-14-12-10-8-6-2)40-96-68-60(92)58(90)63(50(38-78)99-68)102-70-61(93)66(105-72(71(94)95)34-46(83)53(73-42(4)81)65(104-72)54(86)47(84)35-75)64(51(39-79)100-70)103-67-43(33-41(3)80)62(56(88)49(37-77)97-67)101-69-59(91)57(89)55(87)48(36-76)98-69/h43-51,53-70,75-79,82-84,86-93H,5-40H2,1-4H3,(H,73,81)(H,74,85)(H,94,95)/t43-,44+,45-,46+,47-,48-,49-,50-,51-,53-,54-,55+,56+,57+,58-,59-,60-,61-,62-,63-,64+,65?,66-,67+,68-,69+,70+,72+/m1/s1. The molecule has 2 amide bonds. The number of hydrogen-bond donors (Lipinski definition) is 19. The first-order valence-corrected chi connectivity index (χ1v) is 38.6. The van der Waals surface area contributed by atoms with Gasteiger partial charge in [0.1, 0.15) is 110 Å². The van der Waals surface area contributed by atoms with Gasteiger partial charge in [0.25, 0.3) is 5.79 Å². The highest BCUT2D eigenvalue weighted by Crippen LogP contribution is 2.42. The lowest BCUT2D eigenvalue weighted by Gasteiger charge is -2.52. The Hall–Kier alpha value is -2.96. The molecule has 19 N–H and O–H groups in total. The number of amides is 2. The van der Waals surface area contributed by atoms with Gasteiger partial charge >= 0.3 is 5.97 Å². The number of carboxylic acids is 1. The first-order chi connectivity index (χ1) is 50.3. The van der Waals surface area contributed by atoms with Gasteiger partial charge in [0.15, 0.2) is 25.2 Å². The summed E-state index contributed by atoms with van der Waals surface area (Å²) in [6, 6.07) is -2.80. The van der Waals surface area contributed by atoms with Crippen molar-refractivity contribution in [1.82, 2.24) is 10.6 Å². The molecule has 0 aliphatic carbocycles. The maximum absolute atomic E-state index is 13.8. The van der Waals surface area contributed by atoms with Gasteiger partial charge in [-0.2, -0.15) is 0 Å². The first kappa shape index (κ1) is 92.6. The second-order valence-corrected chi connectivity index (χ2v) is 29.3. The summed E-state index contributed by atoms with van der Waals surface area (Å²) < 4.78 is 60.4. The van der Waals surface area contributed by atoms with Crippen LogP contribution in [0.1, 0.15) is 220 Å². The van der Waals surface area contributed by atoms with Gasteiger partial charge < -0.3 is 150 Å². The summed E-state index contributed by atoms with van der Waals surface area (Å²) in [6.45, 7) is 0.583. The first-order valence-electron chi connectivity index (χ1n) is 38.6. The molecule has 5 rings (SSSR count). The van der Waals surface area contributed by atoms with Crippen LogP contribution in [0.25, 0.3) is 0 Å². The maximum atomic E-state index is 13.8. The molecule has 33 heteroatoms. The topological polar surface area (TPSA) is 529 Å². The van der Waals surface area contributed by atoms with Crippen molar-refractivity contribution in [2.24, 2.45) is 5.92 Å². The van der Waals surface area contributed by atoms with E-state index in [0.717, 1.165) is 71.6 Å². The van der Waals surface area contributed by atoms with Crippen molar-refractivity contribution in [1.29, 1.82) is 0 Å². The SMILES string of the molecule is CCCCCCCCCCCCCCCC(=O)N[C@@H](CO[C@@H]1O[C@H](CO)[C@@H](O[C@@H]2O[C@H](CO)[C@H](O[C@@H]3O[C@H](CO)[C@H](O)[C@H](O[C@@H]4O[C@H](CO)[C@H](O)[C@H](O)[C@H]4O)[C@H]3CC(C)=O)[C@H](O[C@]3(C(=O)O)C[C@H](O)[C@@H](NC(C)=O)C([C@H](O)[C@H](O)CO)O3)[C@H]2O)[C@H](O)[C@H]1O)[C@H](O)CCCCCCCCCCCCCCC. The van der Waals surface area contributed by atoms with Gasteiger partial charge in [-0.15, -0.1) is 0 Å². The third-order valence-electron chi connectivity index (χ3n) is 20.7. The van der Waals surface area contributed by atoms with Crippen molar-refractivity contribution in [3.63, 3.8) is 0 Å². The number of carbonyl (C=O) groups excluding carboxylic acids is 3. The summed E-state index contributed by atoms with van der Waals surface area (Å²) in [7, 11) is 0. The molecule has 5 saturated heterocycles. The molecule has 5 heterocycles. The Bertz CT molecular complexity index is 2410. The number of aliphatic hydroxyl groups excluding tert-OH is 16. The molecular weight excluding hydrogens is 1390 g/mol. The number of ether oxygens (including phenoxy) is 10. The molecule has 0 aromatic carbocycles. The average Bonchev–Trinajstić information content (AvgIpc) is 0.759. The van der Waals surface area contributed by atoms with Crippen LogP contribution in [0.2, 0.25) is 0 Å². The predicted octanol–water partition coefficient (Wildman–Crippen LogP) is -0.508. The highest BCUT2D eigenvalue weighted by atomic mass is 16.8. The summed E-state index contributed by atoms with van der Waals surface area (Å²) in [5.74, 6) is -9.03. The van der Waals surface area contributed by atoms with Crippen molar-refractivity contribution in [2.75, 3.05) is 39.6 Å². The molecule has 1 unspecified atom stereocenters. The summed E-state index contributed by atoms with van der Waals surface area (Å²) in [6.07, 6.45) is -21.0. The van der Waals surface area contributed by atoms with E-state index in [1.165, 1.54) is 96.3 Å². The van der Waals surface area contributed by atoms with E-state index in [1.807, 2.05) is 0 Å². The molecule has 33 nitrogen and oxygen atoms in total. The number of ketones is 1. The largest absolute Gasteiger partial charge is 0.477 e. The smallest absolute Gasteiger partial charge is 0.364 e. The lowest BCUT2D eigenvalue weighted by molar-refractivity contribution is -0.406. The monoisotopic (exact) mass is 1520 g/mol. The average molecular weight is 1520 g/mol. The quantitative estimate of drug-likeness (QED) is 0.0341. The summed E-state index contributed by atoms with van der Waals surface area (Å²) >= 11 is 0. The number of carbonyl (C=O) groups is 4. The van der Waals surface area contributed by atoms with Crippen LogP contribution in [0.5, 0.6) is 0 Å². The van der Waals surface area contributed by atoms with Crippen LogP contribution in [0.3, 0.4) is 0 Å². The second-order valence-electron chi connectivity index (χ2n) is 29.3. The molecule has 5 aliphatic heterocycles. The Labute approximate surface area is 616 Å². The van der Waals surface area contributed by atoms with E-state index in [-0.39, 0.29) is 18.7 Å². The van der Waals surface area contributed by atoms with Gasteiger partial charge in [0, 0.05) is 32.1 Å². The molecule has 0 aromatic rings. The Morgan fingerprint density at radius 2 is 0.933 bits per heavy atom. The van der Waals surface area contributed by atoms with Gasteiger partial charge in [0.05, 0.1) is 70.0 Å². The zero-order valence-electron chi connectivity index (χ0n) is 61.9. The van der Waals surface area contributed by atoms with Crippen molar-refractivity contribution < 1.29 is 153 Å². The van der Waals surface area contributed by atoms with Crippen LogP contribution in [-0.4, -0.2) is 315 Å². The number of hydrogen-bond acceptors (Lipinski definition) is 30. The van der Waals surface area contributed by atoms with E-state index in [9.17, 15) is 106 Å². The number of Topliss-reactive ketones (excluding diaryl/α,β-unsaturated/α-hetero) is 1. The summed E-state index contributed by atoms with van der Waals surface area (Å²) in [5, 5.41) is 195. The fraction of sp³-hybridized carbons (Fsp3) is 0.944. The van der Waals surface area contributed by atoms with Crippen LogP contribution in [-0.2, 0) is 66.5 Å². The van der Waals surface area contributed by atoms with Crippen LogP contribution in [0, 0.1) is 5.92 Å². The molecule has 5 aliphatic rings. The van der Waals surface area contributed by atoms with E-state index < -0.39 is 241 Å². The van der Waals surface area contributed by atoms with Gasteiger partial charge in [0.2, 0.25) is 11.8 Å². The van der Waals surface area contributed by atoms with E-state index in [4.69, 9.17) is 47.4 Å². The van der Waals surface area contributed by atoms with Crippen LogP contribution in [0.15, 0.2) is 0 Å². The van der Waals surface area contributed by atoms with Gasteiger partial charge in [-0.05, 0) is 19.8 Å². The highest BCUT2D eigenvalue weighted by Gasteiger charge is 2.62. The van der Waals surface area contributed by atoms with Crippen LogP contribution >= 0.6 is 0 Å².